The molecular formula is C16H22F4O. The maximum atomic E-state index is 13.2. The molecule has 1 atom stereocenters. The SMILES string of the molecule is CCCCCCCCC(O)c1cc(F)cc(C(F)(F)F)c1. The van der Waals surface area contributed by atoms with E-state index in [9.17, 15) is 22.7 Å². The highest BCUT2D eigenvalue weighted by Crippen LogP contribution is 2.32. The zero-order valence-corrected chi connectivity index (χ0v) is 12.2. The smallest absolute Gasteiger partial charge is 0.388 e. The van der Waals surface area contributed by atoms with Crippen molar-refractivity contribution in [1.82, 2.24) is 0 Å². The first kappa shape index (κ1) is 18.0. The normalized spacial score (nSPS) is 13.4. The minimum Gasteiger partial charge on any atom is -0.388 e. The van der Waals surface area contributed by atoms with Crippen LogP contribution in [0.25, 0.3) is 0 Å². The molecule has 5 heteroatoms. The Kier molecular flexibility index (Phi) is 7.15. The summed E-state index contributed by atoms with van der Waals surface area (Å²) < 4.78 is 51.0. The van der Waals surface area contributed by atoms with Gasteiger partial charge in [-0.15, -0.1) is 0 Å². The lowest BCUT2D eigenvalue weighted by Crippen LogP contribution is -2.08. The molecule has 0 aliphatic carbocycles. The quantitative estimate of drug-likeness (QED) is 0.487. The van der Waals surface area contributed by atoms with E-state index in [0.29, 0.717) is 12.5 Å². The van der Waals surface area contributed by atoms with Gasteiger partial charge in [-0.25, -0.2) is 4.39 Å². The molecule has 0 bridgehead atoms. The van der Waals surface area contributed by atoms with Crippen molar-refractivity contribution in [3.8, 4) is 0 Å². The van der Waals surface area contributed by atoms with Gasteiger partial charge in [0.2, 0.25) is 0 Å². The number of benzene rings is 1. The van der Waals surface area contributed by atoms with Gasteiger partial charge in [0, 0.05) is 0 Å². The molecule has 21 heavy (non-hydrogen) atoms. The Bertz CT molecular complexity index is 429. The lowest BCUT2D eigenvalue weighted by Gasteiger charge is -2.14. The maximum Gasteiger partial charge on any atom is 0.416 e. The maximum absolute atomic E-state index is 13.2. The topological polar surface area (TPSA) is 20.2 Å². The molecule has 120 valence electrons. The zero-order valence-electron chi connectivity index (χ0n) is 12.2. The van der Waals surface area contributed by atoms with Crippen molar-refractivity contribution < 1.29 is 22.7 Å². The Labute approximate surface area is 123 Å². The van der Waals surface area contributed by atoms with Crippen LogP contribution in [0.2, 0.25) is 0 Å². The van der Waals surface area contributed by atoms with Gasteiger partial charge in [0.05, 0.1) is 11.7 Å². The Morgan fingerprint density at radius 2 is 1.62 bits per heavy atom. The monoisotopic (exact) mass is 306 g/mol. The van der Waals surface area contributed by atoms with E-state index in [2.05, 4.69) is 6.92 Å². The molecule has 0 heterocycles. The van der Waals surface area contributed by atoms with Crippen molar-refractivity contribution in [3.05, 3.63) is 35.1 Å². The van der Waals surface area contributed by atoms with Crippen molar-refractivity contribution in [2.75, 3.05) is 0 Å². The molecule has 0 saturated carbocycles. The van der Waals surface area contributed by atoms with Crippen molar-refractivity contribution in [1.29, 1.82) is 0 Å². The summed E-state index contributed by atoms with van der Waals surface area (Å²) in [5.41, 5.74) is -1.06. The third-order valence-corrected chi connectivity index (χ3v) is 3.46. The van der Waals surface area contributed by atoms with Crippen LogP contribution in [0.3, 0.4) is 0 Å². The molecule has 1 aromatic rings. The number of hydrogen-bond donors (Lipinski definition) is 1. The van der Waals surface area contributed by atoms with Crippen molar-refractivity contribution in [3.63, 3.8) is 0 Å². The number of aliphatic hydroxyl groups is 1. The zero-order chi connectivity index (χ0) is 15.9. The second kappa shape index (κ2) is 8.37. The van der Waals surface area contributed by atoms with E-state index in [1.165, 1.54) is 6.42 Å². The molecule has 1 nitrogen and oxygen atoms in total. The second-order valence-electron chi connectivity index (χ2n) is 5.34. The van der Waals surface area contributed by atoms with Crippen LogP contribution in [0, 0.1) is 5.82 Å². The fourth-order valence-corrected chi connectivity index (χ4v) is 2.25. The molecule has 0 aliphatic heterocycles. The van der Waals surface area contributed by atoms with E-state index < -0.39 is 23.7 Å². The first-order valence-electron chi connectivity index (χ1n) is 7.40. The molecule has 0 aliphatic rings. The fraction of sp³-hybridized carbons (Fsp3) is 0.625. The average Bonchev–Trinajstić information content (AvgIpc) is 2.40. The van der Waals surface area contributed by atoms with Crippen LogP contribution in [0.15, 0.2) is 18.2 Å². The summed E-state index contributed by atoms with van der Waals surface area (Å²) >= 11 is 0. The summed E-state index contributed by atoms with van der Waals surface area (Å²) in [4.78, 5) is 0. The molecule has 1 unspecified atom stereocenters. The summed E-state index contributed by atoms with van der Waals surface area (Å²) in [6, 6.07) is 2.24. The Hall–Kier alpha value is -1.10. The van der Waals surface area contributed by atoms with Crippen LogP contribution in [0.1, 0.15) is 69.1 Å². The Morgan fingerprint density at radius 1 is 1.00 bits per heavy atom. The standard InChI is InChI=1S/C16H22F4O/c1-2-3-4-5-6-7-8-15(21)12-9-13(16(18,19)20)11-14(17)10-12/h9-11,15,21H,2-8H2,1H3. The van der Waals surface area contributed by atoms with Crippen molar-refractivity contribution in [2.45, 2.75) is 64.1 Å². The van der Waals surface area contributed by atoms with Gasteiger partial charge in [-0.1, -0.05) is 45.4 Å². The van der Waals surface area contributed by atoms with E-state index in [1.807, 2.05) is 0 Å². The third kappa shape index (κ3) is 6.46. The third-order valence-electron chi connectivity index (χ3n) is 3.46. The van der Waals surface area contributed by atoms with Gasteiger partial charge in [0.1, 0.15) is 5.82 Å². The first-order chi connectivity index (χ1) is 9.84. The molecule has 0 spiro atoms. The minimum absolute atomic E-state index is 0.00381. The number of aliphatic hydroxyl groups excluding tert-OH is 1. The number of alkyl halides is 3. The van der Waals surface area contributed by atoms with Crippen LogP contribution in [-0.2, 0) is 6.18 Å². The largest absolute Gasteiger partial charge is 0.416 e. The second-order valence-corrected chi connectivity index (χ2v) is 5.34. The number of halogens is 4. The molecule has 0 saturated heterocycles. The lowest BCUT2D eigenvalue weighted by atomic mass is 10.00. The van der Waals surface area contributed by atoms with Gasteiger partial charge in [-0.2, -0.15) is 13.2 Å². The summed E-state index contributed by atoms with van der Waals surface area (Å²) in [7, 11) is 0. The van der Waals surface area contributed by atoms with E-state index >= 15 is 0 Å². The van der Waals surface area contributed by atoms with Gasteiger partial charge in [0.25, 0.3) is 0 Å². The van der Waals surface area contributed by atoms with Gasteiger partial charge in [-0.05, 0) is 30.2 Å². The number of rotatable bonds is 8. The van der Waals surface area contributed by atoms with Crippen molar-refractivity contribution >= 4 is 0 Å². The van der Waals surface area contributed by atoms with Gasteiger partial charge in [0.15, 0.2) is 0 Å². The highest BCUT2D eigenvalue weighted by molar-refractivity contribution is 5.28. The lowest BCUT2D eigenvalue weighted by molar-refractivity contribution is -0.137. The predicted octanol–water partition coefficient (Wildman–Crippen LogP) is 5.63. The van der Waals surface area contributed by atoms with Crippen LogP contribution in [-0.4, -0.2) is 5.11 Å². The van der Waals surface area contributed by atoms with Crippen LogP contribution in [0.4, 0.5) is 17.6 Å². The van der Waals surface area contributed by atoms with E-state index in [4.69, 9.17) is 0 Å². The van der Waals surface area contributed by atoms with E-state index in [-0.39, 0.29) is 5.56 Å². The van der Waals surface area contributed by atoms with Gasteiger partial charge >= 0.3 is 6.18 Å². The Balaban J connectivity index is 2.54. The highest BCUT2D eigenvalue weighted by Gasteiger charge is 2.31. The molecular weight excluding hydrogens is 284 g/mol. The van der Waals surface area contributed by atoms with E-state index in [0.717, 1.165) is 44.2 Å². The molecule has 1 N–H and O–H groups in total. The van der Waals surface area contributed by atoms with Gasteiger partial charge in [-0.3, -0.25) is 0 Å². The summed E-state index contributed by atoms with van der Waals surface area (Å²) in [5.74, 6) is -0.971. The highest BCUT2D eigenvalue weighted by atomic mass is 19.4. The summed E-state index contributed by atoms with van der Waals surface area (Å²) in [5, 5.41) is 9.90. The number of hydrogen-bond acceptors (Lipinski definition) is 1. The minimum atomic E-state index is -4.60. The number of unbranched alkanes of at least 4 members (excludes halogenated alkanes) is 5. The molecule has 0 amide bonds. The first-order valence-corrected chi connectivity index (χ1v) is 7.40. The van der Waals surface area contributed by atoms with Crippen LogP contribution in [0.5, 0.6) is 0 Å². The summed E-state index contributed by atoms with van der Waals surface area (Å²) in [6.45, 7) is 2.12. The molecule has 0 aromatic heterocycles. The van der Waals surface area contributed by atoms with E-state index in [1.54, 1.807) is 0 Å². The molecule has 1 rings (SSSR count). The van der Waals surface area contributed by atoms with Crippen molar-refractivity contribution in [2.24, 2.45) is 0 Å². The Morgan fingerprint density at radius 3 is 2.24 bits per heavy atom. The fourth-order valence-electron chi connectivity index (χ4n) is 2.25. The van der Waals surface area contributed by atoms with Crippen LogP contribution >= 0.6 is 0 Å². The molecule has 0 fully saturated rings. The summed E-state index contributed by atoms with van der Waals surface area (Å²) in [6.07, 6.45) is 0.855. The van der Waals surface area contributed by atoms with Crippen LogP contribution < -0.4 is 0 Å². The molecule has 0 radical (unpaired) electrons. The average molecular weight is 306 g/mol. The van der Waals surface area contributed by atoms with Gasteiger partial charge < -0.3 is 5.11 Å². The molecule has 1 aromatic carbocycles. The predicted molar refractivity (Wildman–Crippen MR) is 74.4 cm³/mol.